The van der Waals surface area contributed by atoms with Gasteiger partial charge in [-0.25, -0.2) is 9.48 Å². The van der Waals surface area contributed by atoms with Crippen LogP contribution < -0.4 is 10.6 Å². The monoisotopic (exact) mass is 447 g/mol. The molecule has 3 rings (SSSR count). The van der Waals surface area contributed by atoms with Gasteiger partial charge in [0, 0.05) is 23.7 Å². The Labute approximate surface area is 195 Å². The minimum absolute atomic E-state index is 0.0592. The van der Waals surface area contributed by atoms with E-state index in [2.05, 4.69) is 31.4 Å². The Morgan fingerprint density at radius 3 is 2.30 bits per heavy atom. The van der Waals surface area contributed by atoms with Gasteiger partial charge < -0.3 is 15.5 Å². The quantitative estimate of drug-likeness (QED) is 0.512. The molecule has 3 aromatic rings. The van der Waals surface area contributed by atoms with Crippen LogP contribution in [0.15, 0.2) is 60.7 Å². The number of aromatic nitrogens is 2. The fourth-order valence-electron chi connectivity index (χ4n) is 3.39. The van der Waals surface area contributed by atoms with Crippen molar-refractivity contribution in [1.82, 2.24) is 14.7 Å². The first kappa shape index (κ1) is 24.0. The average Bonchev–Trinajstić information content (AvgIpc) is 3.20. The molecular weight excluding hydrogens is 414 g/mol. The van der Waals surface area contributed by atoms with Crippen LogP contribution in [0.1, 0.15) is 45.4 Å². The van der Waals surface area contributed by atoms with Gasteiger partial charge in [-0.3, -0.25) is 4.79 Å². The molecular formula is C26H33N5O2. The van der Waals surface area contributed by atoms with E-state index in [9.17, 15) is 9.59 Å². The Morgan fingerprint density at radius 1 is 1.00 bits per heavy atom. The zero-order valence-corrected chi connectivity index (χ0v) is 20.1. The van der Waals surface area contributed by atoms with Crippen LogP contribution in [0.25, 0.3) is 5.69 Å². The minimum Gasteiger partial charge on any atom is -0.315 e. The van der Waals surface area contributed by atoms with Crippen LogP contribution >= 0.6 is 0 Å². The van der Waals surface area contributed by atoms with Gasteiger partial charge in [-0.15, -0.1) is 0 Å². The molecule has 0 unspecified atom stereocenters. The van der Waals surface area contributed by atoms with Crippen LogP contribution in [0, 0.1) is 6.92 Å². The molecule has 1 heterocycles. The number of urea groups is 1. The molecule has 0 bridgehead atoms. The summed E-state index contributed by atoms with van der Waals surface area (Å²) in [6.07, 6.45) is 0.741. The zero-order chi connectivity index (χ0) is 24.0. The lowest BCUT2D eigenvalue weighted by Crippen LogP contribution is -2.41. The van der Waals surface area contributed by atoms with E-state index in [0.717, 1.165) is 29.1 Å². The molecule has 174 valence electrons. The maximum absolute atomic E-state index is 13.0. The lowest BCUT2D eigenvalue weighted by atomic mass is 9.92. The smallest absolute Gasteiger partial charge is 0.315 e. The molecule has 2 aromatic carbocycles. The second-order valence-corrected chi connectivity index (χ2v) is 9.13. The first-order valence-electron chi connectivity index (χ1n) is 11.3. The lowest BCUT2D eigenvalue weighted by molar-refractivity contribution is -0.116. The predicted octanol–water partition coefficient (Wildman–Crippen LogP) is 5.36. The first-order chi connectivity index (χ1) is 15.7. The summed E-state index contributed by atoms with van der Waals surface area (Å²) in [5, 5.41) is 10.6. The largest absolute Gasteiger partial charge is 0.322 e. The predicted molar refractivity (Wildman–Crippen MR) is 133 cm³/mol. The molecule has 0 saturated carbocycles. The van der Waals surface area contributed by atoms with E-state index in [0.29, 0.717) is 12.4 Å². The third-order valence-electron chi connectivity index (χ3n) is 5.25. The molecule has 0 saturated heterocycles. The molecule has 0 atom stereocenters. The highest BCUT2D eigenvalue weighted by atomic mass is 16.2. The molecule has 1 aromatic heterocycles. The highest BCUT2D eigenvalue weighted by Gasteiger charge is 2.23. The van der Waals surface area contributed by atoms with Crippen molar-refractivity contribution in [2.75, 3.05) is 23.7 Å². The van der Waals surface area contributed by atoms with Gasteiger partial charge >= 0.3 is 6.03 Å². The van der Waals surface area contributed by atoms with Crippen molar-refractivity contribution in [2.45, 2.75) is 46.5 Å². The van der Waals surface area contributed by atoms with E-state index in [1.54, 1.807) is 4.68 Å². The lowest BCUT2D eigenvalue weighted by Gasteiger charge is -2.22. The summed E-state index contributed by atoms with van der Waals surface area (Å²) in [6, 6.07) is 18.8. The van der Waals surface area contributed by atoms with E-state index < -0.39 is 0 Å². The molecule has 0 fully saturated rings. The number of para-hydroxylation sites is 2. The van der Waals surface area contributed by atoms with Crippen LogP contribution in [-0.2, 0) is 10.2 Å². The molecule has 7 nitrogen and oxygen atoms in total. The molecule has 0 radical (unpaired) electrons. The zero-order valence-electron chi connectivity index (χ0n) is 20.1. The summed E-state index contributed by atoms with van der Waals surface area (Å²) in [4.78, 5) is 27.4. The van der Waals surface area contributed by atoms with Gasteiger partial charge in [-0.1, -0.05) is 64.1 Å². The number of carbonyl (C=O) groups excluding carboxylic acids is 2. The van der Waals surface area contributed by atoms with Crippen molar-refractivity contribution in [3.8, 4) is 5.69 Å². The number of anilines is 2. The molecule has 7 heteroatoms. The Kier molecular flexibility index (Phi) is 7.53. The van der Waals surface area contributed by atoms with Gasteiger partial charge in [0.25, 0.3) is 0 Å². The Hall–Kier alpha value is -3.61. The highest BCUT2D eigenvalue weighted by molar-refractivity contribution is 5.97. The number of hydrogen-bond acceptors (Lipinski definition) is 3. The SMILES string of the molecule is CCCN(CC(=O)Nc1cc(C(C)(C)C)nn1-c1ccccc1)C(=O)Nc1ccccc1C. The van der Waals surface area contributed by atoms with E-state index >= 15 is 0 Å². The van der Waals surface area contributed by atoms with Crippen molar-refractivity contribution in [1.29, 1.82) is 0 Å². The maximum Gasteiger partial charge on any atom is 0.322 e. The van der Waals surface area contributed by atoms with E-state index in [1.807, 2.05) is 74.5 Å². The second-order valence-electron chi connectivity index (χ2n) is 9.13. The highest BCUT2D eigenvalue weighted by Crippen LogP contribution is 2.26. The summed E-state index contributed by atoms with van der Waals surface area (Å²) < 4.78 is 1.73. The summed E-state index contributed by atoms with van der Waals surface area (Å²) in [7, 11) is 0. The normalized spacial score (nSPS) is 11.2. The number of benzene rings is 2. The number of nitrogens with one attached hydrogen (secondary N) is 2. The number of carbonyl (C=O) groups is 2. The summed E-state index contributed by atoms with van der Waals surface area (Å²) >= 11 is 0. The number of rotatable bonds is 7. The molecule has 0 spiro atoms. The van der Waals surface area contributed by atoms with Crippen molar-refractivity contribution >= 4 is 23.4 Å². The van der Waals surface area contributed by atoms with Gasteiger partial charge in [-0.05, 0) is 37.1 Å². The molecule has 0 aliphatic carbocycles. The third-order valence-corrected chi connectivity index (χ3v) is 5.25. The van der Waals surface area contributed by atoms with Gasteiger partial charge in [0.05, 0.1) is 11.4 Å². The maximum atomic E-state index is 13.0. The van der Waals surface area contributed by atoms with E-state index in [1.165, 1.54) is 4.90 Å². The van der Waals surface area contributed by atoms with E-state index in [4.69, 9.17) is 5.10 Å². The van der Waals surface area contributed by atoms with Crippen LogP contribution in [0.3, 0.4) is 0 Å². The topological polar surface area (TPSA) is 79.3 Å². The summed E-state index contributed by atoms with van der Waals surface area (Å²) in [6.45, 7) is 10.6. The summed E-state index contributed by atoms with van der Waals surface area (Å²) in [5.41, 5.74) is 3.24. The Bertz CT molecular complexity index is 1100. The molecule has 3 amide bonds. The number of amides is 3. The second kappa shape index (κ2) is 10.3. The fourth-order valence-corrected chi connectivity index (χ4v) is 3.39. The van der Waals surface area contributed by atoms with Gasteiger partial charge in [0.2, 0.25) is 5.91 Å². The van der Waals surface area contributed by atoms with Crippen LogP contribution in [0.2, 0.25) is 0 Å². The third kappa shape index (κ3) is 6.22. The average molecular weight is 448 g/mol. The fraction of sp³-hybridized carbons (Fsp3) is 0.346. The molecule has 33 heavy (non-hydrogen) atoms. The van der Waals surface area contributed by atoms with Gasteiger partial charge in [0.1, 0.15) is 12.4 Å². The number of nitrogens with zero attached hydrogens (tertiary/aromatic N) is 3. The van der Waals surface area contributed by atoms with Crippen LogP contribution in [0.4, 0.5) is 16.3 Å². The minimum atomic E-state index is -0.298. The van der Waals surface area contributed by atoms with Gasteiger partial charge in [0.15, 0.2) is 0 Å². The van der Waals surface area contributed by atoms with Crippen LogP contribution in [-0.4, -0.2) is 39.7 Å². The summed E-state index contributed by atoms with van der Waals surface area (Å²) in [5.74, 6) is 0.299. The number of aryl methyl sites for hydroxylation is 1. The molecule has 0 aliphatic heterocycles. The number of hydrogen-bond donors (Lipinski definition) is 2. The first-order valence-corrected chi connectivity index (χ1v) is 11.3. The van der Waals surface area contributed by atoms with Gasteiger partial charge in [-0.2, -0.15) is 5.10 Å². The van der Waals surface area contributed by atoms with Crippen molar-refractivity contribution in [3.63, 3.8) is 0 Å². The Balaban J connectivity index is 1.78. The Morgan fingerprint density at radius 2 is 1.67 bits per heavy atom. The molecule has 0 aliphatic rings. The van der Waals surface area contributed by atoms with Crippen molar-refractivity contribution in [3.05, 3.63) is 71.9 Å². The van der Waals surface area contributed by atoms with Crippen LogP contribution in [0.5, 0.6) is 0 Å². The van der Waals surface area contributed by atoms with Crippen molar-refractivity contribution < 1.29 is 9.59 Å². The van der Waals surface area contributed by atoms with E-state index in [-0.39, 0.29) is 23.9 Å². The van der Waals surface area contributed by atoms with Crippen molar-refractivity contribution in [2.24, 2.45) is 0 Å². The standard InChI is InChI=1S/C26H33N5O2/c1-6-16-30(25(33)27-21-15-11-10-12-19(21)2)18-24(32)28-23-17-22(26(3,4)5)29-31(23)20-13-8-7-9-14-20/h7-15,17H,6,16,18H2,1-5H3,(H,27,33)(H,28,32). The molecule has 2 N–H and O–H groups in total.